The van der Waals surface area contributed by atoms with E-state index in [2.05, 4.69) is 75.7 Å². The molecule has 0 amide bonds. The Hall–Kier alpha value is -2.49. The van der Waals surface area contributed by atoms with Crippen LogP contribution in [0.3, 0.4) is 0 Å². The number of benzene rings is 1. The smallest absolute Gasteiger partial charge is 0.142 e. The molecule has 0 fully saturated rings. The first-order valence-electron chi connectivity index (χ1n) is 9.50. The van der Waals surface area contributed by atoms with Gasteiger partial charge in [0.2, 0.25) is 0 Å². The highest BCUT2D eigenvalue weighted by Crippen LogP contribution is 2.38. The molecule has 2 heterocycles. The van der Waals surface area contributed by atoms with Gasteiger partial charge < -0.3 is 10.1 Å². The van der Waals surface area contributed by atoms with Crippen LogP contribution in [-0.2, 0) is 0 Å². The van der Waals surface area contributed by atoms with Crippen LogP contribution in [0.2, 0.25) is 0 Å². The first-order chi connectivity index (χ1) is 12.6. The maximum atomic E-state index is 5.61. The summed E-state index contributed by atoms with van der Waals surface area (Å²) in [5.41, 5.74) is 4.16. The number of aromatic nitrogens is 2. The molecule has 3 rings (SSSR count). The molecule has 0 spiro atoms. The number of nitrogens with zero attached hydrogens (tertiary/aromatic N) is 2. The number of hydrogen-bond donors (Lipinski definition) is 1. The Morgan fingerprint density at radius 2 is 1.74 bits per heavy atom. The fraction of sp³-hybridized carbons (Fsp3) is 0.435. The second-order valence-electron chi connectivity index (χ2n) is 9.14. The van der Waals surface area contributed by atoms with E-state index in [0.717, 1.165) is 40.5 Å². The third-order valence-electron chi connectivity index (χ3n) is 4.64. The summed E-state index contributed by atoms with van der Waals surface area (Å²) >= 11 is 0. The van der Waals surface area contributed by atoms with Crippen LogP contribution < -0.4 is 10.1 Å². The number of ether oxygens (including phenoxy) is 1. The van der Waals surface area contributed by atoms with Crippen molar-refractivity contribution in [1.29, 1.82) is 0 Å². The number of imidazole rings is 1. The molecule has 4 heteroatoms. The van der Waals surface area contributed by atoms with Gasteiger partial charge in [-0.15, -0.1) is 0 Å². The summed E-state index contributed by atoms with van der Waals surface area (Å²) in [4.78, 5) is 4.99. The molecule has 0 aliphatic carbocycles. The first-order valence-corrected chi connectivity index (χ1v) is 9.50. The van der Waals surface area contributed by atoms with Crippen molar-refractivity contribution in [3.8, 4) is 17.0 Å². The molecule has 1 N–H and O–H groups in total. The summed E-state index contributed by atoms with van der Waals surface area (Å²) in [6.07, 6.45) is 3.11. The Bertz CT molecular complexity index is 948. The highest BCUT2D eigenvalue weighted by atomic mass is 16.5. The summed E-state index contributed by atoms with van der Waals surface area (Å²) in [7, 11) is 1.70. The SMILES string of the molecule is COc1ccccc1-c1nc2c(C)cccn2c1NC(C)(C)CC(C)(C)C. The van der Waals surface area contributed by atoms with E-state index in [4.69, 9.17) is 9.72 Å². The molecular weight excluding hydrogens is 334 g/mol. The lowest BCUT2D eigenvalue weighted by molar-refractivity contribution is 0.302. The quantitative estimate of drug-likeness (QED) is 0.607. The number of anilines is 1. The van der Waals surface area contributed by atoms with Crippen molar-refractivity contribution in [2.75, 3.05) is 12.4 Å². The molecule has 0 unspecified atom stereocenters. The van der Waals surface area contributed by atoms with Crippen molar-refractivity contribution in [3.05, 3.63) is 48.2 Å². The van der Waals surface area contributed by atoms with Crippen LogP contribution in [0.25, 0.3) is 16.9 Å². The van der Waals surface area contributed by atoms with Gasteiger partial charge in [0, 0.05) is 17.3 Å². The average Bonchev–Trinajstić information content (AvgIpc) is 2.92. The molecule has 3 aromatic rings. The Morgan fingerprint density at radius 1 is 1.04 bits per heavy atom. The zero-order chi connectivity index (χ0) is 19.8. The Labute approximate surface area is 162 Å². The van der Waals surface area contributed by atoms with E-state index in [1.54, 1.807) is 7.11 Å². The van der Waals surface area contributed by atoms with E-state index in [0.29, 0.717) is 0 Å². The highest BCUT2D eigenvalue weighted by Gasteiger charge is 2.28. The van der Waals surface area contributed by atoms with E-state index < -0.39 is 0 Å². The molecule has 0 aliphatic heterocycles. The van der Waals surface area contributed by atoms with E-state index in [9.17, 15) is 0 Å². The van der Waals surface area contributed by atoms with Crippen molar-refractivity contribution in [2.24, 2.45) is 5.41 Å². The van der Waals surface area contributed by atoms with Gasteiger partial charge >= 0.3 is 0 Å². The average molecular weight is 366 g/mol. The molecule has 144 valence electrons. The standard InChI is InChI=1S/C23H31N3O/c1-16-11-10-14-26-20(16)24-19(17-12-8-9-13-18(17)27-7)21(26)25-23(5,6)15-22(2,3)4/h8-14,25H,15H2,1-7H3. The molecule has 0 bridgehead atoms. The van der Waals surface area contributed by atoms with Gasteiger partial charge in [-0.3, -0.25) is 4.40 Å². The molecule has 27 heavy (non-hydrogen) atoms. The summed E-state index contributed by atoms with van der Waals surface area (Å²) in [5, 5.41) is 3.79. The molecule has 0 atom stereocenters. The van der Waals surface area contributed by atoms with Crippen LogP contribution in [0.5, 0.6) is 5.75 Å². The van der Waals surface area contributed by atoms with Gasteiger partial charge in [-0.05, 0) is 56.4 Å². The number of fused-ring (bicyclic) bond motifs is 1. The second-order valence-corrected chi connectivity index (χ2v) is 9.14. The third-order valence-corrected chi connectivity index (χ3v) is 4.64. The van der Waals surface area contributed by atoms with Gasteiger partial charge in [-0.25, -0.2) is 4.98 Å². The molecule has 0 saturated carbocycles. The van der Waals surface area contributed by atoms with Crippen LogP contribution in [0.1, 0.15) is 46.6 Å². The minimum absolute atomic E-state index is 0.0886. The van der Waals surface area contributed by atoms with E-state index in [1.807, 2.05) is 18.2 Å². The van der Waals surface area contributed by atoms with Crippen molar-refractivity contribution in [3.63, 3.8) is 0 Å². The van der Waals surface area contributed by atoms with Crippen molar-refractivity contribution in [2.45, 2.75) is 53.5 Å². The van der Waals surface area contributed by atoms with Gasteiger partial charge in [-0.2, -0.15) is 0 Å². The summed E-state index contributed by atoms with van der Waals surface area (Å²) < 4.78 is 7.77. The van der Waals surface area contributed by atoms with Gasteiger partial charge in [0.15, 0.2) is 0 Å². The molecule has 0 saturated heterocycles. The number of nitrogens with one attached hydrogen (secondary N) is 1. The van der Waals surface area contributed by atoms with Crippen LogP contribution in [0.4, 0.5) is 5.82 Å². The minimum atomic E-state index is -0.0886. The number of methoxy groups -OCH3 is 1. The molecule has 2 aromatic heterocycles. The summed E-state index contributed by atoms with van der Waals surface area (Å²) in [5.74, 6) is 1.84. The fourth-order valence-electron chi connectivity index (χ4n) is 4.04. The van der Waals surface area contributed by atoms with Gasteiger partial charge in [0.05, 0.1) is 7.11 Å². The van der Waals surface area contributed by atoms with Crippen LogP contribution >= 0.6 is 0 Å². The largest absolute Gasteiger partial charge is 0.496 e. The summed E-state index contributed by atoms with van der Waals surface area (Å²) in [6, 6.07) is 12.2. The Morgan fingerprint density at radius 3 is 2.41 bits per heavy atom. The molecule has 1 aromatic carbocycles. The third kappa shape index (κ3) is 4.10. The molecule has 0 radical (unpaired) electrons. The van der Waals surface area contributed by atoms with E-state index in [-0.39, 0.29) is 11.0 Å². The Balaban J connectivity index is 2.20. The van der Waals surface area contributed by atoms with Gasteiger partial charge in [0.25, 0.3) is 0 Å². The predicted octanol–water partition coefficient (Wildman–Crippen LogP) is 5.95. The molecular formula is C23H31N3O. The fourth-order valence-corrected chi connectivity index (χ4v) is 4.04. The van der Waals surface area contributed by atoms with Crippen molar-refractivity contribution in [1.82, 2.24) is 9.38 Å². The van der Waals surface area contributed by atoms with Crippen LogP contribution in [0, 0.1) is 12.3 Å². The van der Waals surface area contributed by atoms with E-state index >= 15 is 0 Å². The van der Waals surface area contributed by atoms with Gasteiger partial charge in [-0.1, -0.05) is 39.0 Å². The predicted molar refractivity (Wildman–Crippen MR) is 114 cm³/mol. The normalized spacial score (nSPS) is 12.4. The lowest BCUT2D eigenvalue weighted by Gasteiger charge is -2.34. The van der Waals surface area contributed by atoms with Crippen LogP contribution in [0.15, 0.2) is 42.6 Å². The summed E-state index contributed by atoms with van der Waals surface area (Å²) in [6.45, 7) is 13.4. The number of hydrogen-bond acceptors (Lipinski definition) is 3. The van der Waals surface area contributed by atoms with Gasteiger partial charge in [0.1, 0.15) is 22.9 Å². The number of pyridine rings is 1. The molecule has 4 nitrogen and oxygen atoms in total. The lowest BCUT2D eigenvalue weighted by atomic mass is 9.82. The maximum Gasteiger partial charge on any atom is 0.142 e. The second kappa shape index (κ2) is 6.91. The topological polar surface area (TPSA) is 38.6 Å². The monoisotopic (exact) mass is 365 g/mol. The first kappa shape index (κ1) is 19.3. The zero-order valence-electron chi connectivity index (χ0n) is 17.6. The number of para-hydroxylation sites is 1. The zero-order valence-corrected chi connectivity index (χ0v) is 17.6. The molecule has 0 aliphatic rings. The minimum Gasteiger partial charge on any atom is -0.496 e. The Kier molecular flexibility index (Phi) is 4.94. The number of rotatable bonds is 5. The highest BCUT2D eigenvalue weighted by molar-refractivity contribution is 5.81. The van der Waals surface area contributed by atoms with Crippen molar-refractivity contribution < 1.29 is 4.74 Å². The number of aryl methyl sites for hydroxylation is 1. The van der Waals surface area contributed by atoms with Crippen molar-refractivity contribution >= 4 is 11.5 Å². The lowest BCUT2D eigenvalue weighted by Crippen LogP contribution is -2.36. The maximum absolute atomic E-state index is 5.61. The van der Waals surface area contributed by atoms with E-state index in [1.165, 1.54) is 0 Å². The van der Waals surface area contributed by atoms with Crippen LogP contribution in [-0.4, -0.2) is 22.0 Å².